The number of aliphatic hydroxyl groups is 1. The first-order valence-electron chi connectivity index (χ1n) is 7.18. The van der Waals surface area contributed by atoms with Crippen LogP contribution in [0.15, 0.2) is 12.7 Å². The Labute approximate surface area is 134 Å². The van der Waals surface area contributed by atoms with Gasteiger partial charge in [-0.1, -0.05) is 20.4 Å². The first kappa shape index (κ1) is 21.1. The number of rotatable bonds is 12. The molecule has 0 saturated heterocycles. The van der Waals surface area contributed by atoms with E-state index in [-0.39, 0.29) is 26.1 Å². The van der Waals surface area contributed by atoms with Crippen molar-refractivity contribution in [2.24, 2.45) is 10.8 Å². The van der Waals surface area contributed by atoms with Gasteiger partial charge >= 0.3 is 17.9 Å². The minimum absolute atomic E-state index is 0.109. The molecule has 2 unspecified atom stereocenters. The Kier molecular flexibility index (Phi) is 8.49. The van der Waals surface area contributed by atoms with Gasteiger partial charge in [-0.2, -0.15) is 0 Å². The molecule has 0 aliphatic heterocycles. The van der Waals surface area contributed by atoms with E-state index in [2.05, 4.69) is 6.58 Å². The molecule has 132 valence electrons. The number of hydrogen-bond donors (Lipinski definition) is 3. The summed E-state index contributed by atoms with van der Waals surface area (Å²) < 4.78 is 10.1. The summed E-state index contributed by atoms with van der Waals surface area (Å²) >= 11 is 0. The third kappa shape index (κ3) is 5.33. The van der Waals surface area contributed by atoms with Crippen molar-refractivity contribution >= 4 is 17.9 Å². The summed E-state index contributed by atoms with van der Waals surface area (Å²) in [5.74, 6) is -3.20. The number of carbonyl (C=O) groups is 3. The van der Waals surface area contributed by atoms with E-state index in [0.717, 1.165) is 6.08 Å². The van der Waals surface area contributed by atoms with E-state index in [1.54, 1.807) is 13.8 Å². The van der Waals surface area contributed by atoms with Gasteiger partial charge < -0.3 is 24.8 Å². The van der Waals surface area contributed by atoms with Crippen molar-refractivity contribution in [3.8, 4) is 0 Å². The Hall–Kier alpha value is -1.93. The first-order chi connectivity index (χ1) is 10.7. The van der Waals surface area contributed by atoms with E-state index < -0.39 is 42.0 Å². The van der Waals surface area contributed by atoms with Gasteiger partial charge in [-0.25, -0.2) is 4.79 Å². The molecule has 23 heavy (non-hydrogen) atoms. The molecule has 0 aliphatic rings. The van der Waals surface area contributed by atoms with Gasteiger partial charge in [-0.15, -0.1) is 0 Å². The standard InChI is InChI=1S/C15H24O8/c1-4-11(17)23-10-15(6-3,13(20)21)9-22-8-14(5-2,7-16)12(18)19/h4,16H,1,5-10H2,2-3H3,(H,18,19)(H,20,21). The van der Waals surface area contributed by atoms with E-state index in [4.69, 9.17) is 9.47 Å². The summed E-state index contributed by atoms with van der Waals surface area (Å²) in [7, 11) is 0. The second-order valence-corrected chi connectivity index (χ2v) is 5.34. The second kappa shape index (κ2) is 9.26. The average molecular weight is 332 g/mol. The fourth-order valence-electron chi connectivity index (χ4n) is 1.77. The van der Waals surface area contributed by atoms with E-state index in [1.807, 2.05) is 0 Å². The lowest BCUT2D eigenvalue weighted by molar-refractivity contribution is -0.167. The quantitative estimate of drug-likeness (QED) is 0.351. The Balaban J connectivity index is 4.98. The van der Waals surface area contributed by atoms with Gasteiger partial charge in [0.25, 0.3) is 0 Å². The van der Waals surface area contributed by atoms with Crippen molar-refractivity contribution in [2.45, 2.75) is 26.7 Å². The predicted molar refractivity (Wildman–Crippen MR) is 79.8 cm³/mol. The van der Waals surface area contributed by atoms with E-state index in [9.17, 15) is 29.7 Å². The van der Waals surface area contributed by atoms with Gasteiger partial charge in [0.2, 0.25) is 0 Å². The fourth-order valence-corrected chi connectivity index (χ4v) is 1.77. The summed E-state index contributed by atoms with van der Waals surface area (Å²) in [6, 6.07) is 0. The molecule has 0 aliphatic carbocycles. The molecule has 0 saturated carbocycles. The maximum atomic E-state index is 11.5. The summed E-state index contributed by atoms with van der Waals surface area (Å²) in [4.78, 5) is 33.9. The normalized spacial score (nSPS) is 16.0. The van der Waals surface area contributed by atoms with Crippen LogP contribution in [0.2, 0.25) is 0 Å². The molecule has 0 bridgehead atoms. The topological polar surface area (TPSA) is 130 Å². The summed E-state index contributed by atoms with van der Waals surface area (Å²) in [6.45, 7) is 4.66. The monoisotopic (exact) mass is 332 g/mol. The molecule has 2 atom stereocenters. The molecule has 0 aromatic carbocycles. The van der Waals surface area contributed by atoms with Crippen LogP contribution in [0.4, 0.5) is 0 Å². The minimum Gasteiger partial charge on any atom is -0.481 e. The molecule has 3 N–H and O–H groups in total. The van der Waals surface area contributed by atoms with Crippen LogP contribution in [0.1, 0.15) is 26.7 Å². The van der Waals surface area contributed by atoms with Gasteiger partial charge in [0, 0.05) is 6.08 Å². The van der Waals surface area contributed by atoms with Gasteiger partial charge in [0.05, 0.1) is 19.8 Å². The summed E-state index contributed by atoms with van der Waals surface area (Å²) in [5.41, 5.74) is -2.98. The maximum Gasteiger partial charge on any atom is 0.330 e. The smallest absolute Gasteiger partial charge is 0.330 e. The lowest BCUT2D eigenvalue weighted by Gasteiger charge is -2.30. The highest BCUT2D eigenvalue weighted by atomic mass is 16.5. The largest absolute Gasteiger partial charge is 0.481 e. The molecule has 8 nitrogen and oxygen atoms in total. The number of aliphatic carboxylic acids is 2. The lowest BCUT2D eigenvalue weighted by Crippen LogP contribution is -2.44. The maximum absolute atomic E-state index is 11.5. The zero-order valence-corrected chi connectivity index (χ0v) is 13.4. The van der Waals surface area contributed by atoms with Crippen molar-refractivity contribution in [1.29, 1.82) is 0 Å². The number of ether oxygens (including phenoxy) is 2. The van der Waals surface area contributed by atoms with Gasteiger partial charge in [-0.05, 0) is 12.8 Å². The van der Waals surface area contributed by atoms with Gasteiger partial charge in [0.1, 0.15) is 17.4 Å². The number of hydrogen-bond acceptors (Lipinski definition) is 6. The van der Waals surface area contributed by atoms with E-state index in [0.29, 0.717) is 0 Å². The zero-order valence-electron chi connectivity index (χ0n) is 13.4. The van der Waals surface area contributed by atoms with Crippen LogP contribution in [-0.4, -0.2) is 59.7 Å². The second-order valence-electron chi connectivity index (χ2n) is 5.34. The van der Waals surface area contributed by atoms with Crippen LogP contribution in [0, 0.1) is 10.8 Å². The first-order valence-corrected chi connectivity index (χ1v) is 7.18. The summed E-state index contributed by atoms with van der Waals surface area (Å²) in [6.07, 6.45) is 1.15. The van der Waals surface area contributed by atoms with Crippen molar-refractivity contribution in [3.63, 3.8) is 0 Å². The molecular formula is C15H24O8. The molecule has 0 rings (SSSR count). The average Bonchev–Trinajstić information content (AvgIpc) is 2.54. The third-order valence-corrected chi connectivity index (χ3v) is 3.98. The van der Waals surface area contributed by atoms with Crippen LogP contribution in [-0.2, 0) is 23.9 Å². The molecule has 0 fully saturated rings. The number of esters is 1. The highest BCUT2D eigenvalue weighted by Crippen LogP contribution is 2.27. The lowest BCUT2D eigenvalue weighted by atomic mass is 9.85. The summed E-state index contributed by atoms with van der Waals surface area (Å²) in [5, 5.41) is 27.9. The van der Waals surface area contributed by atoms with Crippen LogP contribution in [0.5, 0.6) is 0 Å². The predicted octanol–water partition coefficient (Wildman–Crippen LogP) is 0.687. The van der Waals surface area contributed by atoms with Crippen molar-refractivity contribution in [2.75, 3.05) is 26.4 Å². The number of aliphatic hydroxyl groups excluding tert-OH is 1. The van der Waals surface area contributed by atoms with Crippen molar-refractivity contribution < 1.29 is 39.2 Å². The van der Waals surface area contributed by atoms with E-state index in [1.165, 1.54) is 0 Å². The number of carboxylic acid groups (broad SMARTS) is 2. The SMILES string of the molecule is C=CC(=O)OCC(CC)(COCC(CC)(CO)C(=O)O)C(=O)O. The molecule has 0 amide bonds. The molecule has 0 spiro atoms. The fraction of sp³-hybridized carbons (Fsp3) is 0.667. The molecule has 0 heterocycles. The highest BCUT2D eigenvalue weighted by molar-refractivity contribution is 5.82. The highest BCUT2D eigenvalue weighted by Gasteiger charge is 2.41. The van der Waals surface area contributed by atoms with Crippen LogP contribution in [0.3, 0.4) is 0 Å². The molecule has 8 heteroatoms. The molecule has 0 aromatic heterocycles. The molecular weight excluding hydrogens is 308 g/mol. The number of carboxylic acids is 2. The van der Waals surface area contributed by atoms with Crippen molar-refractivity contribution in [1.82, 2.24) is 0 Å². The Bertz CT molecular complexity index is 441. The Morgan fingerprint density at radius 1 is 1.00 bits per heavy atom. The van der Waals surface area contributed by atoms with Crippen LogP contribution >= 0.6 is 0 Å². The van der Waals surface area contributed by atoms with Gasteiger partial charge in [0.15, 0.2) is 0 Å². The van der Waals surface area contributed by atoms with Crippen molar-refractivity contribution in [3.05, 3.63) is 12.7 Å². The minimum atomic E-state index is -1.49. The van der Waals surface area contributed by atoms with Gasteiger partial charge in [-0.3, -0.25) is 9.59 Å². The number of carbonyl (C=O) groups excluding carboxylic acids is 1. The van der Waals surface area contributed by atoms with E-state index >= 15 is 0 Å². The zero-order chi connectivity index (χ0) is 18.1. The van der Waals surface area contributed by atoms with Crippen LogP contribution in [0.25, 0.3) is 0 Å². The molecule has 0 aromatic rings. The third-order valence-electron chi connectivity index (χ3n) is 3.98. The Morgan fingerprint density at radius 2 is 1.48 bits per heavy atom. The molecule has 0 radical (unpaired) electrons. The van der Waals surface area contributed by atoms with Crippen LogP contribution < -0.4 is 0 Å². The Morgan fingerprint density at radius 3 is 1.83 bits per heavy atom.